The fourth-order valence-electron chi connectivity index (χ4n) is 8.39. The third-order valence-electron chi connectivity index (χ3n) is 10.9. The van der Waals surface area contributed by atoms with Crippen LogP contribution >= 0.6 is 0 Å². The van der Waals surface area contributed by atoms with Crippen LogP contribution in [0.15, 0.2) is 180 Å². The van der Waals surface area contributed by atoms with Crippen LogP contribution in [0.5, 0.6) is 0 Å². The Hall–Kier alpha value is -6.38. The van der Waals surface area contributed by atoms with Gasteiger partial charge in [0.15, 0.2) is 0 Å². The first kappa shape index (κ1) is 29.5. The zero-order chi connectivity index (χ0) is 34.1. The number of anilines is 3. The Balaban J connectivity index is 1.21. The SMILES string of the molecule is CC1(C)c2ccccc2-c2ccc(N(c3cccc(-c4cccc5c4oc4ccccc45)c3)c3ccc(-c4ccccc4)c4ccccc34)cc21. The fraction of sp³-hybridized carbons (Fsp3) is 0.0612. The first-order chi connectivity index (χ1) is 25.1. The Kier molecular flexibility index (Phi) is 6.56. The summed E-state index contributed by atoms with van der Waals surface area (Å²) in [6.45, 7) is 4.70. The average Bonchev–Trinajstić information content (AvgIpc) is 3.67. The number of fused-ring (bicyclic) bond motifs is 7. The van der Waals surface area contributed by atoms with Crippen LogP contribution in [0.4, 0.5) is 17.1 Å². The molecule has 10 rings (SSSR count). The molecule has 242 valence electrons. The van der Waals surface area contributed by atoms with Gasteiger partial charge in [-0.1, -0.05) is 153 Å². The summed E-state index contributed by atoms with van der Waals surface area (Å²) >= 11 is 0. The quantitative estimate of drug-likeness (QED) is 0.184. The maximum absolute atomic E-state index is 6.51. The van der Waals surface area contributed by atoms with Crippen LogP contribution in [0, 0.1) is 0 Å². The van der Waals surface area contributed by atoms with E-state index < -0.39 is 0 Å². The average molecular weight is 654 g/mol. The molecule has 1 aliphatic rings. The van der Waals surface area contributed by atoms with Crippen LogP contribution in [-0.4, -0.2) is 0 Å². The van der Waals surface area contributed by atoms with Crippen molar-refractivity contribution in [3.8, 4) is 33.4 Å². The normalized spacial score (nSPS) is 13.1. The summed E-state index contributed by atoms with van der Waals surface area (Å²) < 4.78 is 6.51. The molecule has 1 aliphatic carbocycles. The van der Waals surface area contributed by atoms with Gasteiger partial charge in [-0.05, 0) is 80.7 Å². The smallest absolute Gasteiger partial charge is 0.143 e. The highest BCUT2D eigenvalue weighted by molar-refractivity contribution is 6.10. The Bertz CT molecular complexity index is 2790. The lowest BCUT2D eigenvalue weighted by Gasteiger charge is -2.30. The summed E-state index contributed by atoms with van der Waals surface area (Å²) in [6.07, 6.45) is 0. The molecule has 0 saturated carbocycles. The maximum atomic E-state index is 6.51. The number of para-hydroxylation sites is 2. The van der Waals surface area contributed by atoms with E-state index in [9.17, 15) is 0 Å². The molecule has 0 radical (unpaired) electrons. The van der Waals surface area contributed by atoms with Crippen LogP contribution < -0.4 is 4.90 Å². The predicted molar refractivity (Wildman–Crippen MR) is 214 cm³/mol. The highest BCUT2D eigenvalue weighted by Gasteiger charge is 2.36. The van der Waals surface area contributed by atoms with E-state index in [0.717, 1.165) is 50.1 Å². The van der Waals surface area contributed by atoms with Crippen molar-refractivity contribution < 1.29 is 4.42 Å². The molecule has 0 aliphatic heterocycles. The van der Waals surface area contributed by atoms with Crippen LogP contribution in [0.3, 0.4) is 0 Å². The van der Waals surface area contributed by atoms with Gasteiger partial charge in [-0.15, -0.1) is 0 Å². The molecule has 0 saturated heterocycles. The van der Waals surface area contributed by atoms with Crippen molar-refractivity contribution in [1.29, 1.82) is 0 Å². The zero-order valence-electron chi connectivity index (χ0n) is 28.6. The summed E-state index contributed by atoms with van der Waals surface area (Å²) in [5.41, 5.74) is 15.1. The van der Waals surface area contributed by atoms with Gasteiger partial charge in [-0.25, -0.2) is 0 Å². The summed E-state index contributed by atoms with van der Waals surface area (Å²) in [5.74, 6) is 0. The highest BCUT2D eigenvalue weighted by Crippen LogP contribution is 2.51. The molecule has 1 heterocycles. The molecule has 0 amide bonds. The van der Waals surface area contributed by atoms with Crippen LogP contribution in [-0.2, 0) is 5.41 Å². The first-order valence-electron chi connectivity index (χ1n) is 17.7. The Morgan fingerprint density at radius 2 is 1.04 bits per heavy atom. The van der Waals surface area contributed by atoms with E-state index in [4.69, 9.17) is 4.42 Å². The van der Waals surface area contributed by atoms with Crippen molar-refractivity contribution in [2.75, 3.05) is 4.90 Å². The lowest BCUT2D eigenvalue weighted by Crippen LogP contribution is -2.16. The van der Waals surface area contributed by atoms with Gasteiger partial charge in [0.05, 0.1) is 5.69 Å². The standard InChI is InChI=1S/C49H35NO/c1-49(2)44-24-10-8-19-39(44)40-27-26-35(31-45(40)49)50(46-29-28-36(32-14-4-3-5-15-32)38-18-6-7-20-41(38)46)34-17-12-16-33(30-34)37-22-13-23-43-42-21-9-11-25-47(42)51-48(37)43/h3-31H,1-2H3. The molecule has 8 aromatic carbocycles. The van der Waals surface area contributed by atoms with E-state index in [2.05, 4.69) is 189 Å². The van der Waals surface area contributed by atoms with Crippen LogP contribution in [0.25, 0.3) is 66.1 Å². The van der Waals surface area contributed by atoms with E-state index in [1.807, 2.05) is 6.07 Å². The Morgan fingerprint density at radius 1 is 0.412 bits per heavy atom. The van der Waals surface area contributed by atoms with Crippen molar-refractivity contribution in [3.05, 3.63) is 187 Å². The summed E-state index contributed by atoms with van der Waals surface area (Å²) in [4.78, 5) is 2.44. The topological polar surface area (TPSA) is 16.4 Å². The number of nitrogens with zero attached hydrogens (tertiary/aromatic N) is 1. The second-order valence-corrected chi connectivity index (χ2v) is 14.1. The van der Waals surface area contributed by atoms with Gasteiger partial charge in [0.1, 0.15) is 11.2 Å². The van der Waals surface area contributed by atoms with Crippen molar-refractivity contribution in [1.82, 2.24) is 0 Å². The number of hydrogen-bond donors (Lipinski definition) is 0. The van der Waals surface area contributed by atoms with Gasteiger partial charge < -0.3 is 9.32 Å². The number of benzene rings is 8. The molecule has 0 N–H and O–H groups in total. The van der Waals surface area contributed by atoms with Gasteiger partial charge in [-0.2, -0.15) is 0 Å². The molecular formula is C49H35NO. The third-order valence-corrected chi connectivity index (χ3v) is 10.9. The predicted octanol–water partition coefficient (Wildman–Crippen LogP) is 13.8. The van der Waals surface area contributed by atoms with Gasteiger partial charge in [0.2, 0.25) is 0 Å². The molecule has 2 nitrogen and oxygen atoms in total. The van der Waals surface area contributed by atoms with Gasteiger partial charge in [-0.3, -0.25) is 0 Å². The zero-order valence-corrected chi connectivity index (χ0v) is 28.6. The van der Waals surface area contributed by atoms with E-state index in [1.165, 1.54) is 44.2 Å². The van der Waals surface area contributed by atoms with E-state index >= 15 is 0 Å². The van der Waals surface area contributed by atoms with Gasteiger partial charge in [0.25, 0.3) is 0 Å². The van der Waals surface area contributed by atoms with Crippen molar-refractivity contribution in [3.63, 3.8) is 0 Å². The van der Waals surface area contributed by atoms with E-state index in [1.54, 1.807) is 0 Å². The fourth-order valence-corrected chi connectivity index (χ4v) is 8.39. The molecule has 0 atom stereocenters. The van der Waals surface area contributed by atoms with E-state index in [0.29, 0.717) is 0 Å². The lowest BCUT2D eigenvalue weighted by molar-refractivity contribution is 0.660. The van der Waals surface area contributed by atoms with Gasteiger partial charge in [0, 0.05) is 38.5 Å². The number of furan rings is 1. The lowest BCUT2D eigenvalue weighted by atomic mass is 9.82. The monoisotopic (exact) mass is 653 g/mol. The summed E-state index contributed by atoms with van der Waals surface area (Å²) in [6, 6.07) is 63.7. The van der Waals surface area contributed by atoms with Crippen molar-refractivity contribution in [2.24, 2.45) is 0 Å². The molecule has 0 spiro atoms. The molecule has 0 unspecified atom stereocenters. The first-order valence-corrected chi connectivity index (χ1v) is 17.7. The number of rotatable bonds is 5. The Morgan fingerprint density at radius 3 is 1.92 bits per heavy atom. The number of hydrogen-bond acceptors (Lipinski definition) is 2. The minimum atomic E-state index is -0.119. The minimum absolute atomic E-state index is 0.119. The van der Waals surface area contributed by atoms with Crippen LogP contribution in [0.1, 0.15) is 25.0 Å². The molecule has 9 aromatic rings. The van der Waals surface area contributed by atoms with Gasteiger partial charge >= 0.3 is 0 Å². The van der Waals surface area contributed by atoms with E-state index in [-0.39, 0.29) is 5.41 Å². The minimum Gasteiger partial charge on any atom is -0.455 e. The molecule has 0 fully saturated rings. The molecule has 1 aromatic heterocycles. The molecule has 0 bridgehead atoms. The molecule has 51 heavy (non-hydrogen) atoms. The molecular weight excluding hydrogens is 619 g/mol. The van der Waals surface area contributed by atoms with Crippen molar-refractivity contribution >= 4 is 49.8 Å². The maximum Gasteiger partial charge on any atom is 0.143 e. The Labute approximate surface area is 297 Å². The van der Waals surface area contributed by atoms with Crippen molar-refractivity contribution in [2.45, 2.75) is 19.3 Å². The second kappa shape index (κ2) is 11.3. The largest absolute Gasteiger partial charge is 0.455 e. The third kappa shape index (κ3) is 4.57. The molecule has 2 heteroatoms. The van der Waals surface area contributed by atoms with Crippen LogP contribution in [0.2, 0.25) is 0 Å². The second-order valence-electron chi connectivity index (χ2n) is 14.1. The highest BCUT2D eigenvalue weighted by atomic mass is 16.3. The summed E-state index contributed by atoms with van der Waals surface area (Å²) in [5, 5.41) is 4.70. The summed E-state index contributed by atoms with van der Waals surface area (Å²) in [7, 11) is 0.